The molecule has 1 heterocycles. The highest BCUT2D eigenvalue weighted by molar-refractivity contribution is 8.01. The molecule has 0 spiro atoms. The fraction of sp³-hybridized carbons (Fsp3) is 0.649. The average Bonchev–Trinajstić information content (AvgIpc) is 3.70. The number of benzene rings is 1. The highest BCUT2D eigenvalue weighted by Crippen LogP contribution is 2.68. The number of nitro benzene ring substituents is 1. The summed E-state index contributed by atoms with van der Waals surface area (Å²) < 4.78 is 12.9. The molecule has 0 saturated heterocycles. The van der Waals surface area contributed by atoms with Gasteiger partial charge in [0.25, 0.3) is 5.69 Å². The summed E-state index contributed by atoms with van der Waals surface area (Å²) in [5, 5.41) is 33.5. The number of amides is 1. The lowest BCUT2D eigenvalue weighted by Gasteiger charge is -2.61. The van der Waals surface area contributed by atoms with E-state index in [1.54, 1.807) is 12.3 Å². The van der Waals surface area contributed by atoms with E-state index in [1.165, 1.54) is 40.7 Å². The lowest BCUT2D eigenvalue weighted by molar-refractivity contribution is -0.384. The van der Waals surface area contributed by atoms with Crippen LogP contribution in [0.2, 0.25) is 0 Å². The maximum atomic E-state index is 13.6. The quantitative estimate of drug-likeness (QED) is 0.119. The summed E-state index contributed by atoms with van der Waals surface area (Å²) in [6, 6.07) is 5.69. The molecule has 278 valence electrons. The highest BCUT2D eigenvalue weighted by Gasteiger charge is 2.68. The maximum absolute atomic E-state index is 13.6. The minimum Gasteiger partial charge on any atom is -0.487 e. The zero-order valence-corrected chi connectivity index (χ0v) is 31.2. The van der Waals surface area contributed by atoms with Gasteiger partial charge in [-0.25, -0.2) is 4.68 Å². The van der Waals surface area contributed by atoms with Crippen LogP contribution in [0.4, 0.5) is 5.69 Å². The number of hydrogen-bond donors (Lipinski definition) is 2. The number of aliphatic hydroxyl groups excluding tert-OH is 1. The largest absolute Gasteiger partial charge is 0.487 e. The molecule has 0 radical (unpaired) electrons. The molecule has 2 aromatic rings. The van der Waals surface area contributed by atoms with Crippen LogP contribution in [0.15, 0.2) is 43.1 Å². The fourth-order valence-electron chi connectivity index (χ4n) is 8.82. The van der Waals surface area contributed by atoms with Gasteiger partial charge in [-0.2, -0.15) is 0 Å². The molecule has 2 N–H and O–H groups in total. The van der Waals surface area contributed by atoms with Gasteiger partial charge >= 0.3 is 5.97 Å². The number of thioether (sulfide) groups is 1. The minimum absolute atomic E-state index is 0.0370. The van der Waals surface area contributed by atoms with Crippen molar-refractivity contribution in [1.29, 1.82) is 0 Å². The molecule has 8 atom stereocenters. The molecule has 3 fully saturated rings. The number of carbonyl (C=O) groups excluding carboxylic acids is 3. The van der Waals surface area contributed by atoms with Crippen molar-refractivity contribution in [1.82, 2.24) is 20.3 Å². The fourth-order valence-corrected chi connectivity index (χ4v) is 9.57. The monoisotopic (exact) mass is 725 g/mol. The van der Waals surface area contributed by atoms with Gasteiger partial charge in [-0.15, -0.1) is 23.4 Å². The SMILES string of the molecule is C=C[C@]1(C)C[C@@H](OC(=O)CSC(C)(C)CNC(=O)Cn2cc(COc3ccc([N+](=O)[O-])cc3)nn2)[C@]2(C)[C@H](C)CC[C@]3(CCC(=O)[C@H]32)[C@@H](C)[C@@H]1O. The molecule has 1 aromatic carbocycles. The Morgan fingerprint density at radius 1 is 1.24 bits per heavy atom. The number of ether oxygens (including phenoxy) is 2. The summed E-state index contributed by atoms with van der Waals surface area (Å²) in [7, 11) is 0. The van der Waals surface area contributed by atoms with Crippen LogP contribution in [0.5, 0.6) is 5.75 Å². The average molecular weight is 726 g/mol. The number of aliphatic hydroxyl groups is 1. The van der Waals surface area contributed by atoms with Gasteiger partial charge in [0.1, 0.15) is 36.5 Å². The Labute approximate surface area is 303 Å². The molecule has 3 saturated carbocycles. The molecule has 0 unspecified atom stereocenters. The van der Waals surface area contributed by atoms with Crippen molar-refractivity contribution in [2.45, 2.75) is 104 Å². The lowest BCUT2D eigenvalue weighted by Crippen LogP contribution is -2.63. The van der Waals surface area contributed by atoms with Crippen molar-refractivity contribution in [3.63, 3.8) is 0 Å². The third kappa shape index (κ3) is 7.72. The molecule has 2 bridgehead atoms. The molecule has 14 heteroatoms. The topological polar surface area (TPSA) is 176 Å². The molecule has 5 rings (SSSR count). The number of rotatable bonds is 13. The molecule has 0 aliphatic heterocycles. The van der Waals surface area contributed by atoms with E-state index in [9.17, 15) is 29.6 Å². The van der Waals surface area contributed by atoms with Crippen LogP contribution in [0.25, 0.3) is 0 Å². The number of nitrogens with one attached hydrogen (secondary N) is 1. The normalized spacial score (nSPS) is 31.9. The number of hydrogen-bond acceptors (Lipinski definition) is 11. The van der Waals surface area contributed by atoms with E-state index in [4.69, 9.17) is 9.47 Å². The summed E-state index contributed by atoms with van der Waals surface area (Å²) in [6.07, 6.45) is 5.48. The van der Waals surface area contributed by atoms with Crippen LogP contribution in [0.3, 0.4) is 0 Å². The van der Waals surface area contributed by atoms with Crippen LogP contribution in [0.1, 0.15) is 79.3 Å². The zero-order valence-electron chi connectivity index (χ0n) is 30.4. The van der Waals surface area contributed by atoms with Gasteiger partial charge in [-0.3, -0.25) is 24.5 Å². The maximum Gasteiger partial charge on any atom is 0.316 e. The van der Waals surface area contributed by atoms with Gasteiger partial charge in [-0.1, -0.05) is 39.0 Å². The van der Waals surface area contributed by atoms with E-state index in [0.717, 1.165) is 19.3 Å². The van der Waals surface area contributed by atoms with Crippen LogP contribution in [-0.4, -0.2) is 71.9 Å². The van der Waals surface area contributed by atoms with Crippen LogP contribution in [0, 0.1) is 44.1 Å². The van der Waals surface area contributed by atoms with Crippen molar-refractivity contribution < 1.29 is 33.9 Å². The highest BCUT2D eigenvalue weighted by atomic mass is 32.2. The molecule has 3 aliphatic carbocycles. The number of esters is 1. The first-order valence-corrected chi connectivity index (χ1v) is 18.6. The molecular formula is C37H51N5O8S. The standard InChI is InChI=1S/C37H51N5O8S/c1-8-35(6)17-29(36(7)23(2)13-15-37(24(3)33(35)46)16-14-28(43)32(36)37)50-31(45)21-51-34(4,5)22-38-30(44)19-41-18-25(39-40-41)20-49-27-11-9-26(10-12-27)42(47)48/h8-12,18,23-24,29,32-33,46H,1,13-17,19-22H2,2-7H3,(H,38,44)/t23-,24+,29-,32+,33+,35-,36+,37+/m1/s1. The second-order valence-electron chi connectivity index (χ2n) is 15.8. The number of Topliss-reactive ketones (excluding diaryl/α,β-unsaturated/α-hetero) is 1. The first kappa shape index (κ1) is 38.5. The number of carbonyl (C=O) groups is 3. The smallest absolute Gasteiger partial charge is 0.316 e. The summed E-state index contributed by atoms with van der Waals surface area (Å²) >= 11 is 1.38. The van der Waals surface area contributed by atoms with Crippen molar-refractivity contribution in [3.8, 4) is 5.75 Å². The third-order valence-corrected chi connectivity index (χ3v) is 13.5. The molecule has 1 amide bonds. The van der Waals surface area contributed by atoms with E-state index >= 15 is 0 Å². The van der Waals surface area contributed by atoms with Gasteiger partial charge in [0, 0.05) is 46.6 Å². The summed E-state index contributed by atoms with van der Waals surface area (Å²) in [6.45, 7) is 16.6. The predicted octanol–water partition coefficient (Wildman–Crippen LogP) is 5.30. The second-order valence-corrected chi connectivity index (χ2v) is 17.5. The molecular weight excluding hydrogens is 675 g/mol. The van der Waals surface area contributed by atoms with E-state index in [1.807, 2.05) is 20.8 Å². The first-order valence-electron chi connectivity index (χ1n) is 17.6. The van der Waals surface area contributed by atoms with Gasteiger partial charge in [-0.05, 0) is 68.9 Å². The Balaban J connectivity index is 1.15. The zero-order chi connectivity index (χ0) is 37.4. The number of non-ortho nitro benzene ring substituents is 1. The van der Waals surface area contributed by atoms with Crippen LogP contribution in [-0.2, 0) is 32.3 Å². The van der Waals surface area contributed by atoms with Gasteiger partial charge < -0.3 is 19.9 Å². The number of ketones is 1. The lowest BCUT2D eigenvalue weighted by atomic mass is 9.44. The summed E-state index contributed by atoms with van der Waals surface area (Å²) in [5.74, 6) is -0.193. The van der Waals surface area contributed by atoms with E-state index in [2.05, 4.69) is 43.0 Å². The molecule has 13 nitrogen and oxygen atoms in total. The Morgan fingerprint density at radius 3 is 2.61 bits per heavy atom. The van der Waals surface area contributed by atoms with Crippen molar-refractivity contribution in [2.75, 3.05) is 12.3 Å². The van der Waals surface area contributed by atoms with Crippen LogP contribution < -0.4 is 10.1 Å². The second kappa shape index (κ2) is 14.7. The Morgan fingerprint density at radius 2 is 1.94 bits per heavy atom. The molecule has 1 aromatic heterocycles. The van der Waals surface area contributed by atoms with Crippen LogP contribution >= 0.6 is 11.8 Å². The Hall–Kier alpha value is -3.78. The number of nitrogens with zero attached hydrogens (tertiary/aromatic N) is 4. The predicted molar refractivity (Wildman–Crippen MR) is 192 cm³/mol. The molecule has 3 aliphatic rings. The van der Waals surface area contributed by atoms with Crippen molar-refractivity contribution in [3.05, 3.63) is 58.9 Å². The summed E-state index contributed by atoms with van der Waals surface area (Å²) in [5.41, 5.74) is -1.17. The third-order valence-electron chi connectivity index (χ3n) is 12.2. The Bertz CT molecular complexity index is 1650. The van der Waals surface area contributed by atoms with Gasteiger partial charge in [0.05, 0.1) is 23.0 Å². The number of nitro groups is 1. The molecule has 51 heavy (non-hydrogen) atoms. The summed E-state index contributed by atoms with van der Waals surface area (Å²) in [4.78, 5) is 50.4. The van der Waals surface area contributed by atoms with Crippen molar-refractivity contribution >= 4 is 35.1 Å². The van der Waals surface area contributed by atoms with Gasteiger partial charge in [0.2, 0.25) is 5.91 Å². The van der Waals surface area contributed by atoms with E-state index in [0.29, 0.717) is 24.3 Å². The Kier molecular flexibility index (Phi) is 11.1. The van der Waals surface area contributed by atoms with E-state index < -0.39 is 32.7 Å². The first-order chi connectivity index (χ1) is 23.9. The van der Waals surface area contributed by atoms with E-state index in [-0.39, 0.29) is 72.0 Å². The minimum atomic E-state index is -0.723. The van der Waals surface area contributed by atoms with Gasteiger partial charge in [0.15, 0.2) is 0 Å². The van der Waals surface area contributed by atoms with Crippen molar-refractivity contribution in [2.24, 2.45) is 34.0 Å². The number of aromatic nitrogens is 3.